The topological polar surface area (TPSA) is 0 Å². The minimum atomic E-state index is 0. The van der Waals surface area contributed by atoms with E-state index >= 15 is 0 Å². The molecule has 0 fully saturated rings. The molecule has 0 saturated heterocycles. The third-order valence-electron chi connectivity index (χ3n) is 2.66. The van der Waals surface area contributed by atoms with E-state index in [1.807, 2.05) is 30.3 Å². The molecule has 0 amide bonds. The van der Waals surface area contributed by atoms with Gasteiger partial charge >= 0.3 is 17.1 Å². The molecule has 0 bridgehead atoms. The molecular formula is C17H15BrFe. The van der Waals surface area contributed by atoms with Crippen LogP contribution in [0.4, 0.5) is 0 Å². The molecule has 0 unspecified atom stereocenters. The van der Waals surface area contributed by atoms with Crippen molar-refractivity contribution in [1.29, 1.82) is 0 Å². The second-order valence-corrected chi connectivity index (χ2v) is 4.53. The minimum Gasteiger partial charge on any atom is -0.214 e. The molecule has 0 spiro atoms. The van der Waals surface area contributed by atoms with Gasteiger partial charge in [-0.25, -0.2) is 12.1 Å². The van der Waals surface area contributed by atoms with Gasteiger partial charge in [-0.15, -0.1) is 29.8 Å². The van der Waals surface area contributed by atoms with Crippen molar-refractivity contribution in [2.75, 3.05) is 0 Å². The first-order chi connectivity index (χ1) is 8.90. The Bertz CT molecular complexity index is 504. The Morgan fingerprint density at radius 1 is 0.895 bits per heavy atom. The van der Waals surface area contributed by atoms with Gasteiger partial charge in [-0.2, -0.15) is 30.3 Å². The molecule has 0 aliphatic rings. The molecule has 0 aromatic heterocycles. The van der Waals surface area contributed by atoms with Crippen LogP contribution in [0, 0.1) is 0 Å². The van der Waals surface area contributed by atoms with Crippen molar-refractivity contribution < 1.29 is 17.1 Å². The zero-order valence-electron chi connectivity index (χ0n) is 10.4. The van der Waals surface area contributed by atoms with E-state index in [9.17, 15) is 0 Å². The van der Waals surface area contributed by atoms with Crippen LogP contribution < -0.4 is 0 Å². The number of rotatable bonds is 2. The van der Waals surface area contributed by atoms with E-state index in [0.29, 0.717) is 0 Å². The number of benzene rings is 1. The zero-order chi connectivity index (χ0) is 12.6. The summed E-state index contributed by atoms with van der Waals surface area (Å²) in [6.45, 7) is 0. The van der Waals surface area contributed by atoms with Crippen LogP contribution in [0.2, 0.25) is 0 Å². The van der Waals surface area contributed by atoms with E-state index < -0.39 is 0 Å². The van der Waals surface area contributed by atoms with Gasteiger partial charge in [-0.1, -0.05) is 39.2 Å². The van der Waals surface area contributed by atoms with E-state index in [2.05, 4.69) is 64.5 Å². The Balaban J connectivity index is 0.000000256. The fraction of sp³-hybridized carbons (Fsp3) is 0.0588. The summed E-state index contributed by atoms with van der Waals surface area (Å²) in [6.07, 6.45) is 0. The van der Waals surface area contributed by atoms with Crippen LogP contribution in [-0.4, -0.2) is 0 Å². The van der Waals surface area contributed by atoms with Crippen molar-refractivity contribution in [3.63, 3.8) is 0 Å². The molecule has 0 aliphatic carbocycles. The molecule has 3 rings (SSSR count). The van der Waals surface area contributed by atoms with Crippen molar-refractivity contribution in [3.8, 4) is 11.1 Å². The average molecular weight is 355 g/mol. The van der Waals surface area contributed by atoms with Crippen LogP contribution in [0.3, 0.4) is 0 Å². The Labute approximate surface area is 133 Å². The molecule has 0 nitrogen and oxygen atoms in total. The standard InChI is InChI=1S/C12H10Br.C5H5.Fe/c13-9-10-5-7-12(8-6-10)11-3-1-2-4-11;1-2-4-5-3-1;/h1-8H,9H2;1-5H;/q2*-1;+2. The van der Waals surface area contributed by atoms with E-state index in [-0.39, 0.29) is 17.1 Å². The summed E-state index contributed by atoms with van der Waals surface area (Å²) < 4.78 is 0. The molecule has 0 aliphatic heterocycles. The number of halogens is 1. The van der Waals surface area contributed by atoms with Crippen molar-refractivity contribution in [2.45, 2.75) is 5.33 Å². The summed E-state index contributed by atoms with van der Waals surface area (Å²) >= 11 is 3.43. The van der Waals surface area contributed by atoms with Gasteiger partial charge in [0, 0.05) is 5.33 Å². The van der Waals surface area contributed by atoms with Crippen molar-refractivity contribution in [3.05, 3.63) is 84.4 Å². The molecule has 3 aromatic carbocycles. The summed E-state index contributed by atoms with van der Waals surface area (Å²) in [7, 11) is 0. The molecule has 3 aromatic rings. The summed E-state index contributed by atoms with van der Waals surface area (Å²) in [5.74, 6) is 0. The van der Waals surface area contributed by atoms with Gasteiger partial charge < -0.3 is 0 Å². The maximum absolute atomic E-state index is 3.43. The molecule has 0 atom stereocenters. The second kappa shape index (κ2) is 8.92. The van der Waals surface area contributed by atoms with Crippen LogP contribution >= 0.6 is 15.9 Å². The monoisotopic (exact) mass is 354 g/mol. The van der Waals surface area contributed by atoms with Crippen LogP contribution in [0.1, 0.15) is 5.56 Å². The SMILES string of the molecule is BrCc1ccc(-[c-]2cccc2)cc1.[Fe+2].c1cc[cH-]c1. The van der Waals surface area contributed by atoms with E-state index in [4.69, 9.17) is 0 Å². The van der Waals surface area contributed by atoms with Gasteiger partial charge in [0.2, 0.25) is 0 Å². The van der Waals surface area contributed by atoms with Crippen LogP contribution in [0.5, 0.6) is 0 Å². The number of hydrogen-bond acceptors (Lipinski definition) is 0. The van der Waals surface area contributed by atoms with Crippen molar-refractivity contribution in [2.24, 2.45) is 0 Å². The summed E-state index contributed by atoms with van der Waals surface area (Å²) in [6, 6.07) is 27.0. The molecule has 0 N–H and O–H groups in total. The third-order valence-corrected chi connectivity index (χ3v) is 3.31. The van der Waals surface area contributed by atoms with Gasteiger partial charge in [-0.3, -0.25) is 0 Å². The fourth-order valence-electron chi connectivity index (χ4n) is 1.67. The number of alkyl halides is 1. The van der Waals surface area contributed by atoms with Crippen molar-refractivity contribution >= 4 is 15.9 Å². The maximum Gasteiger partial charge on any atom is 2.00 e. The Hall–Kier alpha value is -1.08. The molecular weight excluding hydrogens is 340 g/mol. The quantitative estimate of drug-likeness (QED) is 0.329. The molecule has 0 heterocycles. The Kier molecular flexibility index (Phi) is 7.50. The fourth-order valence-corrected chi connectivity index (χ4v) is 2.05. The smallest absolute Gasteiger partial charge is 0.214 e. The first-order valence-corrected chi connectivity index (χ1v) is 7.06. The third kappa shape index (κ3) is 5.20. The molecule has 0 saturated carbocycles. The van der Waals surface area contributed by atoms with Crippen LogP contribution in [-0.2, 0) is 22.4 Å². The van der Waals surface area contributed by atoms with Gasteiger partial charge in [-0.05, 0) is 0 Å². The summed E-state index contributed by atoms with van der Waals surface area (Å²) in [4.78, 5) is 0. The first-order valence-electron chi connectivity index (χ1n) is 5.94. The predicted molar refractivity (Wildman–Crippen MR) is 82.1 cm³/mol. The maximum atomic E-state index is 3.43. The van der Waals surface area contributed by atoms with Gasteiger partial charge in [0.1, 0.15) is 0 Å². The molecule has 0 radical (unpaired) electrons. The van der Waals surface area contributed by atoms with Crippen LogP contribution in [0.15, 0.2) is 78.9 Å². The molecule has 19 heavy (non-hydrogen) atoms. The Morgan fingerprint density at radius 3 is 1.89 bits per heavy atom. The van der Waals surface area contributed by atoms with Gasteiger partial charge in [0.25, 0.3) is 0 Å². The zero-order valence-corrected chi connectivity index (χ0v) is 13.1. The largest absolute Gasteiger partial charge is 2.00 e. The minimum absolute atomic E-state index is 0. The summed E-state index contributed by atoms with van der Waals surface area (Å²) in [5.41, 5.74) is 3.89. The Morgan fingerprint density at radius 2 is 1.47 bits per heavy atom. The average Bonchev–Trinajstić information content (AvgIpc) is 3.14. The van der Waals surface area contributed by atoms with Crippen molar-refractivity contribution in [1.82, 2.24) is 0 Å². The van der Waals surface area contributed by atoms with E-state index in [1.54, 1.807) is 0 Å². The van der Waals surface area contributed by atoms with Crippen LogP contribution in [0.25, 0.3) is 11.1 Å². The normalized spacial score (nSPS) is 9.11. The molecule has 2 heteroatoms. The van der Waals surface area contributed by atoms with E-state index in [1.165, 1.54) is 16.7 Å². The predicted octanol–water partition coefficient (Wildman–Crippen LogP) is 5.37. The van der Waals surface area contributed by atoms with Gasteiger partial charge in [0.15, 0.2) is 0 Å². The van der Waals surface area contributed by atoms with E-state index in [0.717, 1.165) is 5.33 Å². The first kappa shape index (κ1) is 16.0. The van der Waals surface area contributed by atoms with Gasteiger partial charge in [0.05, 0.1) is 0 Å². The second-order valence-electron chi connectivity index (χ2n) is 3.97. The summed E-state index contributed by atoms with van der Waals surface area (Å²) in [5, 5.41) is 0.925. The molecule has 98 valence electrons. The number of hydrogen-bond donors (Lipinski definition) is 0.